The SMILES string of the molecule is O=C(O)C(F)(F)F.O=C(c1cnccn1)N1Cc2cccn2CC(Oc2ncccc2F)C1. The van der Waals surface area contributed by atoms with Crippen molar-refractivity contribution in [1.29, 1.82) is 0 Å². The van der Waals surface area contributed by atoms with Gasteiger partial charge in [-0.05, 0) is 24.3 Å². The Labute approximate surface area is 184 Å². The molecule has 1 aliphatic rings. The minimum Gasteiger partial charge on any atom is -0.475 e. The lowest BCUT2D eigenvalue weighted by molar-refractivity contribution is -0.192. The summed E-state index contributed by atoms with van der Waals surface area (Å²) in [5, 5.41) is 7.12. The second-order valence-electron chi connectivity index (χ2n) is 6.76. The second-order valence-corrected chi connectivity index (χ2v) is 6.76. The minimum atomic E-state index is -5.08. The third-order valence-corrected chi connectivity index (χ3v) is 4.42. The van der Waals surface area contributed by atoms with Crippen LogP contribution in [0.1, 0.15) is 16.2 Å². The molecule has 4 heterocycles. The van der Waals surface area contributed by atoms with Crippen molar-refractivity contribution in [1.82, 2.24) is 24.4 Å². The molecule has 0 aliphatic carbocycles. The molecule has 0 saturated heterocycles. The summed E-state index contributed by atoms with van der Waals surface area (Å²) in [4.78, 5) is 35.3. The Hall–Kier alpha value is -4.03. The molecule has 1 N–H and O–H groups in total. The molecule has 3 aromatic rings. The fourth-order valence-electron chi connectivity index (χ4n) is 2.97. The Morgan fingerprint density at radius 3 is 2.48 bits per heavy atom. The second kappa shape index (κ2) is 10.1. The maximum atomic E-state index is 13.9. The number of carboxylic acids is 1. The number of aliphatic carboxylic acids is 1. The highest BCUT2D eigenvalue weighted by Crippen LogP contribution is 2.20. The van der Waals surface area contributed by atoms with Gasteiger partial charge in [0, 0.05) is 30.5 Å². The summed E-state index contributed by atoms with van der Waals surface area (Å²) >= 11 is 0. The van der Waals surface area contributed by atoms with Gasteiger partial charge in [-0.1, -0.05) is 0 Å². The van der Waals surface area contributed by atoms with Crippen molar-refractivity contribution in [2.45, 2.75) is 25.4 Å². The summed E-state index contributed by atoms with van der Waals surface area (Å²) in [6, 6.07) is 6.65. The van der Waals surface area contributed by atoms with Crippen LogP contribution in [0.25, 0.3) is 0 Å². The highest BCUT2D eigenvalue weighted by atomic mass is 19.4. The van der Waals surface area contributed by atoms with Gasteiger partial charge < -0.3 is 19.3 Å². The van der Waals surface area contributed by atoms with Crippen LogP contribution in [-0.2, 0) is 17.9 Å². The van der Waals surface area contributed by atoms with Crippen molar-refractivity contribution in [3.63, 3.8) is 0 Å². The summed E-state index contributed by atoms with van der Waals surface area (Å²) in [5.74, 6) is -3.60. The number of carboxylic acid groups (broad SMARTS) is 1. The first-order valence-electron chi connectivity index (χ1n) is 9.41. The number of pyridine rings is 1. The molecular formula is C20H17F4N5O4. The number of fused-ring (bicyclic) bond motifs is 1. The van der Waals surface area contributed by atoms with E-state index in [0.717, 1.165) is 5.69 Å². The predicted octanol–water partition coefficient (Wildman–Crippen LogP) is 2.55. The van der Waals surface area contributed by atoms with Crippen LogP contribution >= 0.6 is 0 Å². The van der Waals surface area contributed by atoms with Crippen molar-refractivity contribution in [3.8, 4) is 5.88 Å². The van der Waals surface area contributed by atoms with Gasteiger partial charge >= 0.3 is 12.1 Å². The maximum Gasteiger partial charge on any atom is 0.490 e. The number of alkyl halides is 3. The van der Waals surface area contributed by atoms with Gasteiger partial charge in [-0.25, -0.2) is 19.2 Å². The van der Waals surface area contributed by atoms with Gasteiger partial charge in [0.2, 0.25) is 0 Å². The largest absolute Gasteiger partial charge is 0.490 e. The molecule has 3 aromatic heterocycles. The molecule has 1 atom stereocenters. The van der Waals surface area contributed by atoms with Gasteiger partial charge in [0.25, 0.3) is 11.8 Å². The third kappa shape index (κ3) is 6.24. The van der Waals surface area contributed by atoms with Crippen LogP contribution in [0.4, 0.5) is 17.6 Å². The van der Waals surface area contributed by atoms with E-state index in [-0.39, 0.29) is 24.0 Å². The lowest BCUT2D eigenvalue weighted by Crippen LogP contribution is -2.39. The van der Waals surface area contributed by atoms with Crippen LogP contribution in [0.5, 0.6) is 5.88 Å². The number of nitrogens with zero attached hydrogens (tertiary/aromatic N) is 5. The number of amides is 1. The maximum absolute atomic E-state index is 13.9. The Kier molecular flexibility index (Phi) is 7.20. The molecule has 0 saturated carbocycles. The molecule has 0 bridgehead atoms. The smallest absolute Gasteiger partial charge is 0.475 e. The van der Waals surface area contributed by atoms with Gasteiger partial charge in [0.15, 0.2) is 5.82 Å². The van der Waals surface area contributed by atoms with E-state index in [1.807, 2.05) is 22.9 Å². The number of hydrogen-bond donors (Lipinski definition) is 1. The van der Waals surface area contributed by atoms with E-state index in [0.29, 0.717) is 13.1 Å². The third-order valence-electron chi connectivity index (χ3n) is 4.42. The van der Waals surface area contributed by atoms with E-state index in [9.17, 15) is 22.4 Å². The molecule has 33 heavy (non-hydrogen) atoms. The number of ether oxygens (including phenoxy) is 1. The lowest BCUT2D eigenvalue weighted by atomic mass is 10.3. The standard InChI is InChI=1S/C18H16FN5O2.C2HF3O2/c19-15-4-1-5-22-17(15)26-14-11-23-8-2-3-13(23)10-24(12-14)18(25)16-9-20-6-7-21-16;3-2(4,5)1(6)7/h1-9,14H,10-12H2;(H,6,7). The molecule has 1 aliphatic heterocycles. The quantitative estimate of drug-likeness (QED) is 0.590. The summed E-state index contributed by atoms with van der Waals surface area (Å²) in [5.41, 5.74) is 1.23. The van der Waals surface area contributed by atoms with Crippen LogP contribution in [0, 0.1) is 5.82 Å². The van der Waals surface area contributed by atoms with Crippen molar-refractivity contribution >= 4 is 11.9 Å². The van der Waals surface area contributed by atoms with Crippen LogP contribution in [0.3, 0.4) is 0 Å². The topological polar surface area (TPSA) is 110 Å². The van der Waals surface area contributed by atoms with Gasteiger partial charge in [-0.3, -0.25) is 9.78 Å². The molecular weight excluding hydrogens is 450 g/mol. The van der Waals surface area contributed by atoms with Gasteiger partial charge in [-0.15, -0.1) is 0 Å². The van der Waals surface area contributed by atoms with Gasteiger partial charge in [0.05, 0.1) is 25.8 Å². The van der Waals surface area contributed by atoms with E-state index in [4.69, 9.17) is 14.6 Å². The highest BCUT2D eigenvalue weighted by molar-refractivity contribution is 5.92. The molecule has 174 valence electrons. The van der Waals surface area contributed by atoms with E-state index in [2.05, 4.69) is 15.0 Å². The van der Waals surface area contributed by atoms with Crippen molar-refractivity contribution in [3.05, 3.63) is 72.5 Å². The summed E-state index contributed by atoms with van der Waals surface area (Å²) < 4.78 is 53.4. The average molecular weight is 467 g/mol. The molecule has 0 aromatic carbocycles. The Bertz CT molecular complexity index is 1110. The monoisotopic (exact) mass is 467 g/mol. The van der Waals surface area contributed by atoms with E-state index >= 15 is 0 Å². The summed E-state index contributed by atoms with van der Waals surface area (Å²) in [6.45, 7) is 1.18. The van der Waals surface area contributed by atoms with Crippen molar-refractivity contribution in [2.24, 2.45) is 0 Å². The molecule has 1 amide bonds. The zero-order valence-electron chi connectivity index (χ0n) is 16.8. The Morgan fingerprint density at radius 1 is 1.09 bits per heavy atom. The number of halogens is 4. The molecule has 0 radical (unpaired) electrons. The van der Waals surface area contributed by atoms with Crippen molar-refractivity contribution < 1.29 is 37.0 Å². The summed E-state index contributed by atoms with van der Waals surface area (Å²) in [7, 11) is 0. The first-order valence-corrected chi connectivity index (χ1v) is 9.41. The van der Waals surface area contributed by atoms with Crippen LogP contribution in [-0.4, -0.2) is 60.2 Å². The predicted molar refractivity (Wildman–Crippen MR) is 104 cm³/mol. The van der Waals surface area contributed by atoms with E-state index in [1.54, 1.807) is 4.90 Å². The normalized spacial score (nSPS) is 15.5. The zero-order chi connectivity index (χ0) is 24.0. The van der Waals surface area contributed by atoms with Crippen LogP contribution < -0.4 is 4.74 Å². The molecule has 13 heteroatoms. The molecule has 0 fully saturated rings. The van der Waals surface area contributed by atoms with Gasteiger partial charge in [-0.2, -0.15) is 13.2 Å². The Morgan fingerprint density at radius 2 is 1.85 bits per heavy atom. The van der Waals surface area contributed by atoms with Crippen LogP contribution in [0.2, 0.25) is 0 Å². The number of carbonyl (C=O) groups excluding carboxylic acids is 1. The van der Waals surface area contributed by atoms with E-state index in [1.165, 1.54) is 36.9 Å². The number of aromatic nitrogens is 4. The Balaban J connectivity index is 0.000000383. The highest BCUT2D eigenvalue weighted by Gasteiger charge is 2.38. The lowest BCUT2D eigenvalue weighted by Gasteiger charge is -2.24. The minimum absolute atomic E-state index is 0.0694. The van der Waals surface area contributed by atoms with Gasteiger partial charge in [0.1, 0.15) is 11.8 Å². The zero-order valence-corrected chi connectivity index (χ0v) is 16.8. The van der Waals surface area contributed by atoms with Crippen molar-refractivity contribution in [2.75, 3.05) is 6.54 Å². The number of carbonyl (C=O) groups is 2. The van der Waals surface area contributed by atoms with Crippen LogP contribution in [0.15, 0.2) is 55.2 Å². The molecule has 1 unspecified atom stereocenters. The molecule has 4 rings (SSSR count). The number of hydrogen-bond acceptors (Lipinski definition) is 6. The first-order chi connectivity index (χ1) is 15.6. The number of rotatable bonds is 3. The molecule has 0 spiro atoms. The molecule has 9 nitrogen and oxygen atoms in total. The fraction of sp³-hybridized carbons (Fsp3) is 0.250. The average Bonchev–Trinajstić information content (AvgIpc) is 3.13. The summed E-state index contributed by atoms with van der Waals surface area (Å²) in [6.07, 6.45) is 2.27. The van der Waals surface area contributed by atoms with E-state index < -0.39 is 24.1 Å². The fourth-order valence-corrected chi connectivity index (χ4v) is 2.97. The first kappa shape index (κ1) is 23.6.